The van der Waals surface area contributed by atoms with Crippen LogP contribution in [0.4, 0.5) is 0 Å². The van der Waals surface area contributed by atoms with Crippen molar-refractivity contribution in [3.63, 3.8) is 0 Å². The molecule has 4 heteroatoms. The molecule has 1 aliphatic rings. The summed E-state index contributed by atoms with van der Waals surface area (Å²) in [7, 11) is 0. The molecule has 0 atom stereocenters. The number of primary amides is 1. The van der Waals surface area contributed by atoms with Gasteiger partial charge in [0.05, 0.1) is 0 Å². The molecule has 0 spiro atoms. The molecule has 0 bridgehead atoms. The van der Waals surface area contributed by atoms with E-state index in [-0.39, 0.29) is 12.5 Å². The van der Waals surface area contributed by atoms with E-state index in [2.05, 4.69) is 6.58 Å². The highest BCUT2D eigenvalue weighted by Crippen LogP contribution is 2.11. The van der Waals surface area contributed by atoms with Crippen LogP contribution in [0, 0.1) is 0 Å². The predicted octanol–water partition coefficient (Wildman–Crippen LogP) is -0.616. The SMILES string of the molecule is C=C1C=CC(=O)N1CC(N)=O. The third kappa shape index (κ3) is 1.46. The second-order valence-corrected chi connectivity index (χ2v) is 2.22. The zero-order chi connectivity index (χ0) is 8.43. The van der Waals surface area contributed by atoms with E-state index in [9.17, 15) is 9.59 Å². The highest BCUT2D eigenvalue weighted by Gasteiger charge is 2.19. The van der Waals surface area contributed by atoms with Gasteiger partial charge in [-0.1, -0.05) is 6.58 Å². The van der Waals surface area contributed by atoms with Crippen LogP contribution in [0.15, 0.2) is 24.4 Å². The van der Waals surface area contributed by atoms with Crippen molar-refractivity contribution >= 4 is 11.8 Å². The van der Waals surface area contributed by atoms with Crippen molar-refractivity contribution < 1.29 is 9.59 Å². The van der Waals surface area contributed by atoms with Crippen LogP contribution in [-0.2, 0) is 9.59 Å². The van der Waals surface area contributed by atoms with E-state index >= 15 is 0 Å². The minimum Gasteiger partial charge on any atom is -0.368 e. The molecule has 2 N–H and O–H groups in total. The molecule has 4 nitrogen and oxygen atoms in total. The molecular weight excluding hydrogens is 144 g/mol. The van der Waals surface area contributed by atoms with Gasteiger partial charge in [0.2, 0.25) is 5.91 Å². The summed E-state index contributed by atoms with van der Waals surface area (Å²) in [4.78, 5) is 22.5. The summed E-state index contributed by atoms with van der Waals surface area (Å²) in [6.07, 6.45) is 2.90. The van der Waals surface area contributed by atoms with Gasteiger partial charge in [-0.25, -0.2) is 0 Å². The highest BCUT2D eigenvalue weighted by molar-refractivity contribution is 5.95. The first-order valence-corrected chi connectivity index (χ1v) is 3.08. The maximum Gasteiger partial charge on any atom is 0.251 e. The van der Waals surface area contributed by atoms with Gasteiger partial charge in [-0.3, -0.25) is 9.59 Å². The second kappa shape index (κ2) is 2.57. The summed E-state index contributed by atoms with van der Waals surface area (Å²) < 4.78 is 0. The summed E-state index contributed by atoms with van der Waals surface area (Å²) in [5.74, 6) is -0.781. The summed E-state index contributed by atoms with van der Waals surface area (Å²) in [6, 6.07) is 0. The van der Waals surface area contributed by atoms with E-state index in [1.54, 1.807) is 6.08 Å². The number of nitrogens with zero attached hydrogens (tertiary/aromatic N) is 1. The number of rotatable bonds is 2. The molecule has 0 fully saturated rings. The molecule has 0 aromatic rings. The molecule has 1 heterocycles. The van der Waals surface area contributed by atoms with Crippen molar-refractivity contribution in [3.8, 4) is 0 Å². The minimum absolute atomic E-state index is 0.0926. The topological polar surface area (TPSA) is 63.4 Å². The molecule has 2 amide bonds. The Morgan fingerprint density at radius 3 is 2.64 bits per heavy atom. The lowest BCUT2D eigenvalue weighted by Crippen LogP contribution is -2.33. The van der Waals surface area contributed by atoms with Crippen LogP contribution in [0.2, 0.25) is 0 Å². The van der Waals surface area contributed by atoms with Crippen LogP contribution in [-0.4, -0.2) is 23.3 Å². The average Bonchev–Trinajstić information content (AvgIpc) is 2.18. The maximum absolute atomic E-state index is 10.9. The molecule has 0 aromatic heterocycles. The molecule has 58 valence electrons. The van der Waals surface area contributed by atoms with Gasteiger partial charge >= 0.3 is 0 Å². The van der Waals surface area contributed by atoms with Crippen LogP contribution in [0.25, 0.3) is 0 Å². The maximum atomic E-state index is 10.9. The molecule has 11 heavy (non-hydrogen) atoms. The van der Waals surface area contributed by atoms with E-state index in [1.165, 1.54) is 11.0 Å². The lowest BCUT2D eigenvalue weighted by atomic mass is 10.4. The van der Waals surface area contributed by atoms with E-state index in [1.807, 2.05) is 0 Å². The second-order valence-electron chi connectivity index (χ2n) is 2.22. The van der Waals surface area contributed by atoms with Crippen molar-refractivity contribution in [2.24, 2.45) is 5.73 Å². The molecule has 1 rings (SSSR count). The fraction of sp³-hybridized carbons (Fsp3) is 0.143. The standard InChI is InChI=1S/C7H8N2O2/c1-5-2-3-7(11)9(5)4-6(8)10/h2-3H,1,4H2,(H2,8,10). The van der Waals surface area contributed by atoms with E-state index in [0.29, 0.717) is 5.70 Å². The number of hydrogen-bond acceptors (Lipinski definition) is 2. The van der Waals surface area contributed by atoms with Crippen molar-refractivity contribution in [3.05, 3.63) is 24.4 Å². The van der Waals surface area contributed by atoms with E-state index < -0.39 is 5.91 Å². The largest absolute Gasteiger partial charge is 0.368 e. The first kappa shape index (κ1) is 7.53. The van der Waals surface area contributed by atoms with Gasteiger partial charge in [-0.05, 0) is 6.08 Å². The number of carbonyl (C=O) groups excluding carboxylic acids is 2. The van der Waals surface area contributed by atoms with Gasteiger partial charge in [0.25, 0.3) is 5.91 Å². The molecule has 0 aromatic carbocycles. The third-order valence-electron chi connectivity index (χ3n) is 1.34. The van der Waals surface area contributed by atoms with Crippen molar-refractivity contribution in [2.75, 3.05) is 6.54 Å². The molecule has 0 unspecified atom stereocenters. The Kier molecular flexibility index (Phi) is 1.76. The van der Waals surface area contributed by atoms with Gasteiger partial charge in [0.15, 0.2) is 0 Å². The Morgan fingerprint density at radius 2 is 2.27 bits per heavy atom. The zero-order valence-corrected chi connectivity index (χ0v) is 5.91. The molecule has 0 saturated heterocycles. The minimum atomic E-state index is -0.539. The van der Waals surface area contributed by atoms with Crippen LogP contribution < -0.4 is 5.73 Å². The Balaban J connectivity index is 2.66. The molecule has 0 radical (unpaired) electrons. The van der Waals surface area contributed by atoms with Crippen LogP contribution in [0.3, 0.4) is 0 Å². The molecule has 1 aliphatic heterocycles. The predicted molar refractivity (Wildman–Crippen MR) is 39.2 cm³/mol. The Morgan fingerprint density at radius 1 is 1.64 bits per heavy atom. The summed E-state index contributed by atoms with van der Waals surface area (Å²) in [5, 5.41) is 0. The Bertz CT molecular complexity index is 237. The van der Waals surface area contributed by atoms with Gasteiger partial charge in [0.1, 0.15) is 6.54 Å². The first-order valence-electron chi connectivity index (χ1n) is 3.08. The highest BCUT2D eigenvalue weighted by atomic mass is 16.2. The van der Waals surface area contributed by atoms with Gasteiger partial charge in [-0.15, -0.1) is 0 Å². The van der Waals surface area contributed by atoms with Crippen molar-refractivity contribution in [1.82, 2.24) is 4.90 Å². The fourth-order valence-corrected chi connectivity index (χ4v) is 0.824. The van der Waals surface area contributed by atoms with Crippen LogP contribution >= 0.6 is 0 Å². The number of nitrogens with two attached hydrogens (primary N) is 1. The average molecular weight is 152 g/mol. The molecular formula is C7H8N2O2. The van der Waals surface area contributed by atoms with Crippen molar-refractivity contribution in [1.29, 1.82) is 0 Å². The molecule has 0 saturated carbocycles. The Hall–Kier alpha value is -1.58. The first-order chi connectivity index (χ1) is 5.11. The molecule has 0 aliphatic carbocycles. The lowest BCUT2D eigenvalue weighted by Gasteiger charge is -2.13. The number of hydrogen-bond donors (Lipinski definition) is 1. The third-order valence-corrected chi connectivity index (χ3v) is 1.34. The monoisotopic (exact) mass is 152 g/mol. The number of carbonyl (C=O) groups is 2. The Labute approximate surface area is 64.0 Å². The van der Waals surface area contributed by atoms with E-state index in [4.69, 9.17) is 5.73 Å². The summed E-state index contributed by atoms with van der Waals surface area (Å²) >= 11 is 0. The number of amides is 2. The smallest absolute Gasteiger partial charge is 0.251 e. The quantitative estimate of drug-likeness (QED) is 0.573. The van der Waals surface area contributed by atoms with Crippen LogP contribution in [0.1, 0.15) is 0 Å². The normalized spacial score (nSPS) is 16.2. The van der Waals surface area contributed by atoms with Crippen LogP contribution in [0.5, 0.6) is 0 Å². The van der Waals surface area contributed by atoms with Crippen molar-refractivity contribution in [2.45, 2.75) is 0 Å². The van der Waals surface area contributed by atoms with Gasteiger partial charge in [0, 0.05) is 11.8 Å². The van der Waals surface area contributed by atoms with Gasteiger partial charge in [-0.2, -0.15) is 0 Å². The number of allylic oxidation sites excluding steroid dienone is 1. The van der Waals surface area contributed by atoms with E-state index in [0.717, 1.165) is 0 Å². The summed E-state index contributed by atoms with van der Waals surface area (Å²) in [6.45, 7) is 3.46. The zero-order valence-electron chi connectivity index (χ0n) is 5.91. The summed E-state index contributed by atoms with van der Waals surface area (Å²) in [5.41, 5.74) is 5.40. The fourth-order valence-electron chi connectivity index (χ4n) is 0.824. The van der Waals surface area contributed by atoms with Gasteiger partial charge < -0.3 is 10.6 Å². The lowest BCUT2D eigenvalue weighted by molar-refractivity contribution is -0.128.